The summed E-state index contributed by atoms with van der Waals surface area (Å²) in [6, 6.07) is 13.9. The first-order chi connectivity index (χ1) is 18.3. The monoisotopic (exact) mass is 513 g/mol. The summed E-state index contributed by atoms with van der Waals surface area (Å²) in [5.74, 6) is -0.570. The van der Waals surface area contributed by atoms with Gasteiger partial charge in [0.2, 0.25) is 5.91 Å². The molecule has 1 aliphatic carbocycles. The molecule has 0 bridgehead atoms. The molecule has 3 N–H and O–H groups in total. The predicted molar refractivity (Wildman–Crippen MR) is 148 cm³/mol. The van der Waals surface area contributed by atoms with Crippen LogP contribution in [-0.4, -0.2) is 42.4 Å². The summed E-state index contributed by atoms with van der Waals surface area (Å²) in [6.45, 7) is 3.59. The number of allylic oxidation sites excluding steroid dienone is 4. The minimum atomic E-state index is -0.356. The van der Waals surface area contributed by atoms with Gasteiger partial charge in [-0.2, -0.15) is 10.2 Å². The zero-order chi connectivity index (χ0) is 27.3. The van der Waals surface area contributed by atoms with Gasteiger partial charge in [0, 0.05) is 35.4 Å². The van der Waals surface area contributed by atoms with Gasteiger partial charge in [-0.25, -0.2) is 10.9 Å². The third kappa shape index (κ3) is 9.09. The number of rotatable bonds is 12. The average Bonchev–Trinajstić information content (AvgIpc) is 2.91. The Balaban J connectivity index is 1.36. The molecule has 0 aliphatic heterocycles. The summed E-state index contributed by atoms with van der Waals surface area (Å²) in [6.07, 6.45) is 9.23. The van der Waals surface area contributed by atoms with Gasteiger partial charge in [-0.05, 0) is 80.7 Å². The molecular weight excluding hydrogens is 482 g/mol. The van der Waals surface area contributed by atoms with Crippen LogP contribution < -0.4 is 16.2 Å². The minimum absolute atomic E-state index is 0.0175. The Bertz CT molecular complexity index is 1310. The van der Waals surface area contributed by atoms with Crippen LogP contribution in [-0.2, 0) is 9.59 Å². The summed E-state index contributed by atoms with van der Waals surface area (Å²) in [7, 11) is 0. The van der Waals surface area contributed by atoms with E-state index in [0.29, 0.717) is 41.6 Å². The van der Waals surface area contributed by atoms with Crippen LogP contribution in [0.25, 0.3) is 0 Å². The zero-order valence-corrected chi connectivity index (χ0v) is 21.5. The Morgan fingerprint density at radius 2 is 1.66 bits per heavy atom. The Labute approximate surface area is 221 Å². The molecule has 9 nitrogen and oxygen atoms in total. The molecule has 2 aromatic rings. The van der Waals surface area contributed by atoms with Crippen molar-refractivity contribution < 1.29 is 19.2 Å². The Morgan fingerprint density at radius 1 is 0.895 bits per heavy atom. The number of nitrogens with one attached hydrogen (secondary N) is 3. The van der Waals surface area contributed by atoms with Crippen LogP contribution in [0.3, 0.4) is 0 Å². The van der Waals surface area contributed by atoms with E-state index in [1.165, 1.54) is 20.1 Å². The van der Waals surface area contributed by atoms with Crippen LogP contribution in [0.15, 0.2) is 82.0 Å². The maximum absolute atomic E-state index is 12.3. The number of hydrogen-bond acceptors (Lipinski definition) is 7. The smallest absolute Gasteiger partial charge is 0.271 e. The lowest BCUT2D eigenvalue weighted by Gasteiger charge is -2.08. The third-order valence-corrected chi connectivity index (χ3v) is 5.69. The summed E-state index contributed by atoms with van der Waals surface area (Å²) in [5.41, 5.74) is 9.12. The quantitative estimate of drug-likeness (QED) is 0.170. The molecule has 0 aromatic heterocycles. The molecule has 3 rings (SSSR count). The third-order valence-electron chi connectivity index (χ3n) is 5.69. The van der Waals surface area contributed by atoms with E-state index in [9.17, 15) is 19.2 Å². The molecule has 0 atom stereocenters. The average molecular weight is 514 g/mol. The SMILES string of the molecule is CC(=O)C1=CCCC(/C=N/NC(=O)CCCNc2ccc(C(=O)N/N=C/c3cccc(C(C)=O)c3)cc2)=C1. The van der Waals surface area contributed by atoms with E-state index in [4.69, 9.17) is 0 Å². The standard InChI is InChI=1S/C29H31N5O4/c1-20(35)25-8-3-6-22(16-25)18-31-33-28(37)10-5-15-30-27-13-11-24(12-14-27)29(38)34-32-19-23-7-4-9-26(17-23)21(2)36/h4,7-9,11-14,16-19,30H,3,5-6,10,15H2,1-2H3,(H,33,37)(H,34,38)/b31-18+,32-19+. The number of ketones is 2. The van der Waals surface area contributed by atoms with Crippen LogP contribution >= 0.6 is 0 Å². The summed E-state index contributed by atoms with van der Waals surface area (Å²) < 4.78 is 0. The fourth-order valence-electron chi connectivity index (χ4n) is 3.60. The number of hydrazone groups is 2. The van der Waals surface area contributed by atoms with E-state index >= 15 is 0 Å². The first-order valence-electron chi connectivity index (χ1n) is 12.3. The van der Waals surface area contributed by atoms with E-state index in [0.717, 1.165) is 24.1 Å². The van der Waals surface area contributed by atoms with E-state index in [1.54, 1.807) is 60.8 Å². The van der Waals surface area contributed by atoms with Gasteiger partial charge in [-0.1, -0.05) is 24.3 Å². The van der Waals surface area contributed by atoms with Crippen molar-refractivity contribution in [3.8, 4) is 0 Å². The normalized spacial score (nSPS) is 13.1. The summed E-state index contributed by atoms with van der Waals surface area (Å²) in [5, 5.41) is 11.2. The molecule has 0 heterocycles. The first kappa shape index (κ1) is 27.9. The second-order valence-corrected chi connectivity index (χ2v) is 8.76. The number of hydrogen-bond donors (Lipinski definition) is 3. The Hall–Kier alpha value is -4.66. The largest absolute Gasteiger partial charge is 0.385 e. The molecule has 1 aliphatic rings. The summed E-state index contributed by atoms with van der Waals surface area (Å²) in [4.78, 5) is 47.2. The number of carbonyl (C=O) groups is 4. The molecule has 9 heteroatoms. The van der Waals surface area contributed by atoms with Crippen molar-refractivity contribution in [2.45, 2.75) is 39.5 Å². The lowest BCUT2D eigenvalue weighted by atomic mass is 9.98. The highest BCUT2D eigenvalue weighted by atomic mass is 16.2. The van der Waals surface area contributed by atoms with Gasteiger partial charge in [0.25, 0.3) is 5.91 Å². The molecule has 196 valence electrons. The van der Waals surface area contributed by atoms with Crippen LogP contribution in [0.5, 0.6) is 0 Å². The molecule has 0 saturated carbocycles. The van der Waals surface area contributed by atoms with Gasteiger partial charge < -0.3 is 5.32 Å². The number of carbonyl (C=O) groups excluding carboxylic acids is 4. The highest BCUT2D eigenvalue weighted by Gasteiger charge is 2.08. The van der Waals surface area contributed by atoms with Gasteiger partial charge in [0.05, 0.1) is 12.4 Å². The predicted octanol–water partition coefficient (Wildman–Crippen LogP) is 4.18. The van der Waals surface area contributed by atoms with E-state index < -0.39 is 0 Å². The Morgan fingerprint density at radius 3 is 2.39 bits per heavy atom. The second kappa shape index (κ2) is 14.2. The first-order valence-corrected chi connectivity index (χ1v) is 12.3. The lowest BCUT2D eigenvalue weighted by Crippen LogP contribution is -2.18. The fraction of sp³-hybridized carbons (Fsp3) is 0.241. The van der Waals surface area contributed by atoms with Crippen molar-refractivity contribution in [2.24, 2.45) is 10.2 Å². The van der Waals surface area contributed by atoms with Crippen molar-refractivity contribution in [1.29, 1.82) is 0 Å². The fourth-order valence-corrected chi connectivity index (χ4v) is 3.60. The van der Waals surface area contributed by atoms with Crippen LogP contribution in [0.4, 0.5) is 5.69 Å². The molecule has 2 amide bonds. The van der Waals surface area contributed by atoms with Crippen molar-refractivity contribution in [3.63, 3.8) is 0 Å². The molecule has 0 saturated heterocycles. The van der Waals surface area contributed by atoms with E-state index in [1.807, 2.05) is 6.08 Å². The molecule has 0 unspecified atom stereocenters. The second-order valence-electron chi connectivity index (χ2n) is 8.76. The van der Waals surface area contributed by atoms with Gasteiger partial charge in [0.15, 0.2) is 11.6 Å². The molecular formula is C29H31N5O4. The molecule has 2 aromatic carbocycles. The number of amides is 2. The highest BCUT2D eigenvalue weighted by Crippen LogP contribution is 2.16. The van der Waals surface area contributed by atoms with E-state index in [2.05, 4.69) is 26.4 Å². The maximum atomic E-state index is 12.3. The zero-order valence-electron chi connectivity index (χ0n) is 21.5. The lowest BCUT2D eigenvalue weighted by molar-refractivity contribution is -0.121. The molecule has 0 spiro atoms. The number of anilines is 1. The molecule has 0 fully saturated rings. The van der Waals surface area contributed by atoms with Gasteiger partial charge in [0.1, 0.15) is 0 Å². The highest BCUT2D eigenvalue weighted by molar-refractivity contribution is 5.98. The number of benzene rings is 2. The van der Waals surface area contributed by atoms with Gasteiger partial charge in [-0.3, -0.25) is 19.2 Å². The van der Waals surface area contributed by atoms with Gasteiger partial charge >= 0.3 is 0 Å². The van der Waals surface area contributed by atoms with Crippen molar-refractivity contribution in [3.05, 3.63) is 88.5 Å². The Kier molecular flexibility index (Phi) is 10.4. The topological polar surface area (TPSA) is 129 Å². The van der Waals surface area contributed by atoms with Crippen LogP contribution in [0.1, 0.15) is 65.8 Å². The molecule has 0 radical (unpaired) electrons. The number of nitrogens with zero attached hydrogens (tertiary/aromatic N) is 2. The van der Waals surface area contributed by atoms with E-state index in [-0.39, 0.29) is 23.4 Å². The van der Waals surface area contributed by atoms with Crippen LogP contribution in [0, 0.1) is 0 Å². The summed E-state index contributed by atoms with van der Waals surface area (Å²) >= 11 is 0. The number of Topliss-reactive ketones (excluding diaryl/α,β-unsaturated/α-hetero) is 2. The van der Waals surface area contributed by atoms with Crippen LogP contribution in [0.2, 0.25) is 0 Å². The van der Waals surface area contributed by atoms with Crippen molar-refractivity contribution in [1.82, 2.24) is 10.9 Å². The van der Waals surface area contributed by atoms with Crippen molar-refractivity contribution >= 4 is 41.5 Å². The van der Waals surface area contributed by atoms with Gasteiger partial charge in [-0.15, -0.1) is 0 Å². The maximum Gasteiger partial charge on any atom is 0.271 e. The minimum Gasteiger partial charge on any atom is -0.385 e. The molecule has 38 heavy (non-hydrogen) atoms. The van der Waals surface area contributed by atoms with Crippen molar-refractivity contribution in [2.75, 3.05) is 11.9 Å².